The summed E-state index contributed by atoms with van der Waals surface area (Å²) in [6.45, 7) is 5.30. The van der Waals surface area contributed by atoms with Gasteiger partial charge >= 0.3 is 6.03 Å². The van der Waals surface area contributed by atoms with E-state index in [1.165, 1.54) is 9.60 Å². The van der Waals surface area contributed by atoms with Crippen LogP contribution in [0.5, 0.6) is 0 Å². The number of nitrogens with one attached hydrogen (secondary N) is 1. The maximum atomic E-state index is 13.8. The van der Waals surface area contributed by atoms with Crippen LogP contribution < -0.4 is 5.32 Å². The number of nitrogens with zero attached hydrogens (tertiary/aromatic N) is 3. The lowest BCUT2D eigenvalue weighted by molar-refractivity contribution is -0.134. The Morgan fingerprint density at radius 1 is 1.09 bits per heavy atom. The Balaban J connectivity index is 1.43. The number of carbonyl (C=O) groups excluding carboxylic acids is 2. The molecular formula is C26H30N4O2S. The van der Waals surface area contributed by atoms with Crippen molar-refractivity contribution in [2.75, 3.05) is 13.2 Å². The smallest absolute Gasteiger partial charge is 0.319 e. The molecule has 2 aromatic carbocycles. The number of likely N-dealkylation sites (tertiary alicyclic amines) is 1. The minimum absolute atomic E-state index is 0.119. The molecule has 0 spiro atoms. The average molecular weight is 463 g/mol. The lowest BCUT2D eigenvalue weighted by Gasteiger charge is -2.36. The summed E-state index contributed by atoms with van der Waals surface area (Å²) < 4.78 is 1.17. The van der Waals surface area contributed by atoms with Gasteiger partial charge in [0.05, 0.1) is 22.9 Å². The molecule has 2 atom stereocenters. The van der Waals surface area contributed by atoms with Crippen LogP contribution >= 0.6 is 11.3 Å². The summed E-state index contributed by atoms with van der Waals surface area (Å²) >= 11 is 1.72. The van der Waals surface area contributed by atoms with Gasteiger partial charge in [-0.3, -0.25) is 9.69 Å². The number of thiazole rings is 1. The highest BCUT2D eigenvalue weighted by atomic mass is 32.1. The number of piperidine rings is 1. The molecule has 6 nitrogen and oxygen atoms in total. The van der Waals surface area contributed by atoms with E-state index in [2.05, 4.69) is 30.1 Å². The summed E-state index contributed by atoms with van der Waals surface area (Å²) in [5.41, 5.74) is 0.854. The second-order valence-corrected chi connectivity index (χ2v) is 10.6. The minimum atomic E-state index is -1.01. The molecule has 1 aromatic heterocycles. The number of hydrogen-bond acceptors (Lipinski definition) is 5. The lowest BCUT2D eigenvalue weighted by Crippen LogP contribution is -2.47. The van der Waals surface area contributed by atoms with Crippen molar-refractivity contribution in [3.63, 3.8) is 0 Å². The molecule has 3 amide bonds. The van der Waals surface area contributed by atoms with E-state index in [1.54, 1.807) is 11.3 Å². The molecule has 3 aromatic rings. The van der Waals surface area contributed by atoms with Crippen molar-refractivity contribution in [2.45, 2.75) is 51.1 Å². The van der Waals surface area contributed by atoms with Crippen molar-refractivity contribution >= 4 is 33.5 Å². The molecule has 2 fully saturated rings. The number of hydrogen-bond donors (Lipinski definition) is 1. The molecule has 2 aliphatic rings. The first-order valence-electron chi connectivity index (χ1n) is 11.8. The van der Waals surface area contributed by atoms with Gasteiger partial charge in [-0.2, -0.15) is 0 Å². The predicted molar refractivity (Wildman–Crippen MR) is 131 cm³/mol. The molecule has 0 radical (unpaired) electrons. The third-order valence-electron chi connectivity index (χ3n) is 6.69. The summed E-state index contributed by atoms with van der Waals surface area (Å²) in [6, 6.07) is 17.7. The first-order valence-corrected chi connectivity index (χ1v) is 12.6. The van der Waals surface area contributed by atoms with Crippen LogP contribution in [-0.4, -0.2) is 39.9 Å². The van der Waals surface area contributed by atoms with Crippen molar-refractivity contribution < 1.29 is 9.59 Å². The highest BCUT2D eigenvalue weighted by molar-refractivity contribution is 7.18. The van der Waals surface area contributed by atoms with Gasteiger partial charge in [0.1, 0.15) is 10.5 Å². The number of aromatic nitrogens is 1. The SMILES string of the molecule is CC(C)CC1(c2ccccc2)NC(=O)N(CN2CCCCC2c2nc3ccccc3s2)C1=O. The zero-order chi connectivity index (χ0) is 23.0. The van der Waals surface area contributed by atoms with E-state index in [0.29, 0.717) is 6.42 Å². The van der Waals surface area contributed by atoms with Crippen molar-refractivity contribution in [2.24, 2.45) is 5.92 Å². The number of amides is 3. The van der Waals surface area contributed by atoms with Crippen molar-refractivity contribution in [1.29, 1.82) is 0 Å². The fourth-order valence-electron chi connectivity index (χ4n) is 5.20. The lowest BCUT2D eigenvalue weighted by atomic mass is 9.82. The molecule has 1 N–H and O–H groups in total. The van der Waals surface area contributed by atoms with E-state index in [1.807, 2.05) is 48.5 Å². The van der Waals surface area contributed by atoms with Gasteiger partial charge in [0.25, 0.3) is 5.91 Å². The number of imide groups is 1. The van der Waals surface area contributed by atoms with Gasteiger partial charge in [-0.05, 0) is 42.9 Å². The average Bonchev–Trinajstić information content (AvgIpc) is 3.35. The molecule has 3 heterocycles. The quantitative estimate of drug-likeness (QED) is 0.507. The number of rotatable bonds is 6. The monoisotopic (exact) mass is 462 g/mol. The Kier molecular flexibility index (Phi) is 5.93. The molecule has 2 unspecified atom stereocenters. The van der Waals surface area contributed by atoms with Crippen molar-refractivity contribution in [3.8, 4) is 0 Å². The predicted octanol–water partition coefficient (Wildman–Crippen LogP) is 5.27. The third kappa shape index (κ3) is 4.04. The third-order valence-corrected chi connectivity index (χ3v) is 7.83. The molecular weight excluding hydrogens is 432 g/mol. The van der Waals surface area contributed by atoms with Gasteiger partial charge in [0.15, 0.2) is 0 Å². The molecule has 2 aliphatic heterocycles. The zero-order valence-corrected chi connectivity index (χ0v) is 20.0. The maximum absolute atomic E-state index is 13.8. The first-order chi connectivity index (χ1) is 16.0. The second-order valence-electron chi connectivity index (χ2n) is 9.52. The Hall–Kier alpha value is -2.77. The number of carbonyl (C=O) groups is 2. The van der Waals surface area contributed by atoms with Gasteiger partial charge in [-0.15, -0.1) is 11.3 Å². The van der Waals surface area contributed by atoms with Crippen molar-refractivity contribution in [1.82, 2.24) is 20.1 Å². The molecule has 172 valence electrons. The summed E-state index contributed by atoms with van der Waals surface area (Å²) in [6.07, 6.45) is 3.73. The van der Waals surface area contributed by atoms with Gasteiger partial charge in [0, 0.05) is 6.54 Å². The number of fused-ring (bicyclic) bond motifs is 1. The summed E-state index contributed by atoms with van der Waals surface area (Å²) in [7, 11) is 0. The van der Waals surface area contributed by atoms with E-state index >= 15 is 0 Å². The standard InChI is InChI=1S/C26H30N4O2S/c1-18(2)16-26(19-10-4-3-5-11-19)24(31)30(25(32)28-26)17-29-15-9-8-13-21(29)23-27-20-12-6-7-14-22(20)33-23/h3-7,10-12,14,18,21H,8-9,13,15-17H2,1-2H3,(H,28,32). The van der Waals surface area contributed by atoms with Crippen LogP contribution in [0.3, 0.4) is 0 Å². The fourth-order valence-corrected chi connectivity index (χ4v) is 6.33. The maximum Gasteiger partial charge on any atom is 0.326 e. The summed E-state index contributed by atoms with van der Waals surface area (Å²) in [5.74, 6) is 0.0981. The highest BCUT2D eigenvalue weighted by Gasteiger charge is 2.53. The van der Waals surface area contributed by atoms with Crippen molar-refractivity contribution in [3.05, 3.63) is 65.2 Å². The van der Waals surface area contributed by atoms with Crippen LogP contribution in [0, 0.1) is 5.92 Å². The highest BCUT2D eigenvalue weighted by Crippen LogP contribution is 2.38. The zero-order valence-electron chi connectivity index (χ0n) is 19.2. The summed E-state index contributed by atoms with van der Waals surface area (Å²) in [4.78, 5) is 35.6. The topological polar surface area (TPSA) is 65.5 Å². The van der Waals surface area contributed by atoms with Crippen LogP contribution in [0.25, 0.3) is 10.2 Å². The van der Waals surface area contributed by atoms with E-state index in [0.717, 1.165) is 41.9 Å². The second kappa shape index (κ2) is 8.88. The van der Waals surface area contributed by atoms with E-state index in [9.17, 15) is 9.59 Å². The van der Waals surface area contributed by atoms with Crippen LogP contribution in [0.4, 0.5) is 4.79 Å². The first kappa shape index (κ1) is 22.0. The molecule has 33 heavy (non-hydrogen) atoms. The minimum Gasteiger partial charge on any atom is -0.319 e. The largest absolute Gasteiger partial charge is 0.326 e. The Morgan fingerprint density at radius 3 is 2.61 bits per heavy atom. The Morgan fingerprint density at radius 2 is 1.85 bits per heavy atom. The van der Waals surface area contributed by atoms with E-state index in [-0.39, 0.29) is 30.6 Å². The Labute approximate surface area is 198 Å². The molecule has 7 heteroatoms. The van der Waals surface area contributed by atoms with Crippen LogP contribution in [0.15, 0.2) is 54.6 Å². The molecule has 2 saturated heterocycles. The van der Waals surface area contributed by atoms with Gasteiger partial charge in [-0.25, -0.2) is 14.7 Å². The van der Waals surface area contributed by atoms with E-state index < -0.39 is 5.54 Å². The Bertz CT molecular complexity index is 1130. The van der Waals surface area contributed by atoms with Gasteiger partial charge in [-0.1, -0.05) is 62.7 Å². The normalized spacial score (nSPS) is 24.1. The van der Waals surface area contributed by atoms with Crippen LogP contribution in [-0.2, 0) is 10.3 Å². The molecule has 0 bridgehead atoms. The molecule has 0 saturated carbocycles. The molecule has 0 aliphatic carbocycles. The number of urea groups is 1. The summed E-state index contributed by atoms with van der Waals surface area (Å²) in [5, 5.41) is 4.15. The van der Waals surface area contributed by atoms with E-state index in [4.69, 9.17) is 4.98 Å². The van der Waals surface area contributed by atoms with Crippen LogP contribution in [0.1, 0.15) is 56.1 Å². The number of para-hydroxylation sites is 1. The van der Waals surface area contributed by atoms with Crippen LogP contribution in [0.2, 0.25) is 0 Å². The fraction of sp³-hybridized carbons (Fsp3) is 0.423. The van der Waals surface area contributed by atoms with Gasteiger partial charge in [0.2, 0.25) is 0 Å². The molecule has 5 rings (SSSR count). The number of benzene rings is 2. The van der Waals surface area contributed by atoms with Gasteiger partial charge < -0.3 is 5.32 Å².